The van der Waals surface area contributed by atoms with E-state index in [0.29, 0.717) is 51.4 Å². The molecule has 7 heterocycles. The molecule has 0 spiro atoms. The molecule has 4 N–H and O–H groups in total. The van der Waals surface area contributed by atoms with E-state index in [1.807, 2.05) is 174 Å². The number of nitrogens with zero attached hydrogens (tertiary/aromatic N) is 9. The molecule has 0 bridgehead atoms. The van der Waals surface area contributed by atoms with Crippen LogP contribution in [0.1, 0.15) is 176 Å². The number of carbonyl (C=O) groups excluding carboxylic acids is 5. The van der Waals surface area contributed by atoms with Crippen LogP contribution >= 0.6 is 11.3 Å². The number of carboxylic acids is 1. The van der Waals surface area contributed by atoms with Crippen LogP contribution in [0.25, 0.3) is 68.7 Å². The lowest BCUT2D eigenvalue weighted by molar-refractivity contribution is -0.191. The van der Waals surface area contributed by atoms with Gasteiger partial charge >= 0.3 is 12.1 Å². The summed E-state index contributed by atoms with van der Waals surface area (Å²) in [4.78, 5) is 61.4. The van der Waals surface area contributed by atoms with Gasteiger partial charge in [0, 0.05) is 44.5 Å². The zero-order valence-corrected chi connectivity index (χ0v) is 61.5. The number of hydrogen-bond acceptors (Lipinski definition) is 23. The number of amides is 1. The van der Waals surface area contributed by atoms with Gasteiger partial charge in [0.2, 0.25) is 46.3 Å². The Labute approximate surface area is 593 Å². The second-order valence-corrected chi connectivity index (χ2v) is 20.6. The van der Waals surface area contributed by atoms with Gasteiger partial charge in [0.25, 0.3) is 11.8 Å². The molecule has 101 heavy (non-hydrogen) atoms. The fourth-order valence-corrected chi connectivity index (χ4v) is 8.26. The molecule has 11 aromatic rings. The van der Waals surface area contributed by atoms with Gasteiger partial charge in [-0.05, 0) is 116 Å². The highest BCUT2D eigenvalue weighted by molar-refractivity contribution is 7.17. The fourth-order valence-electron chi connectivity index (χ4n) is 7.38. The second kappa shape index (κ2) is 47.2. The van der Waals surface area contributed by atoms with Gasteiger partial charge in [-0.15, -0.1) is 20.4 Å². The average Bonchev–Trinajstić information content (AvgIpc) is 1.68. The maximum absolute atomic E-state index is 12.0. The number of aryl methyl sites for hydroxylation is 5. The molecule has 1 amide bonds. The second-order valence-electron chi connectivity index (χ2n) is 19.7. The fraction of sp³-hybridized carbons (Fsp3) is 0.263. The summed E-state index contributed by atoms with van der Waals surface area (Å²) in [6.45, 7) is 48.7. The standard InChI is InChI=1S/C16H16N2O3.C15H13N3O2.C15H13N3OS.C8H8.C7H10N2O2.C6H7NO3.4C2H6.CO2/c1-4-12-5-7-13(8-6-12)16(20)17-9-14(19)15-10(2)11(3)18-21-15;1-4-11-5-7-12(8-6-11)14-16-17-15(19-14)13-9(2)10(3)18-20-13;1-4-11-5-7-12(8-6-11)14-16-17-15(20-14)13-9(2)10(3)18-19-13;1-2-8-6-4-3-5-7-8;1-4-5(2)9-11-7(4)6(10)3-8;1-3-4(2)7-10-5(3)6(8)9;4*1-2;2-1-3/h4-8H,1,9H2,2-3H3,(H,17,20);2*4-8H,1H2,2-3H3;2-7H,1H2;3,8H2,1-2H3;1-2H3,(H,8,9);4*1-2H3;. The first kappa shape index (κ1) is 87.2. The number of hydrogen-bond donors (Lipinski definition) is 3. The molecule has 0 saturated heterocycles. The minimum Gasteiger partial charge on any atom is -0.475 e. The first-order chi connectivity index (χ1) is 48.5. The van der Waals surface area contributed by atoms with Crippen molar-refractivity contribution in [2.24, 2.45) is 5.73 Å². The minimum atomic E-state index is -1.07. The van der Waals surface area contributed by atoms with Crippen LogP contribution in [0.2, 0.25) is 0 Å². The molecule has 0 saturated carbocycles. The van der Waals surface area contributed by atoms with Crippen LogP contribution in [0.5, 0.6) is 0 Å². The highest BCUT2D eigenvalue weighted by Crippen LogP contribution is 2.33. The largest absolute Gasteiger partial charge is 0.475 e. The zero-order chi connectivity index (χ0) is 76.3. The summed E-state index contributed by atoms with van der Waals surface area (Å²) < 4.78 is 30.4. The molecule has 7 aromatic heterocycles. The first-order valence-electron chi connectivity index (χ1n) is 32.0. The molecule has 25 heteroatoms. The van der Waals surface area contributed by atoms with Crippen LogP contribution in [0.3, 0.4) is 0 Å². The van der Waals surface area contributed by atoms with E-state index in [0.717, 1.165) is 71.6 Å². The Morgan fingerprint density at radius 1 is 0.455 bits per heavy atom. The molecule has 0 aliphatic carbocycles. The van der Waals surface area contributed by atoms with E-state index in [-0.39, 0.29) is 54.0 Å². The van der Waals surface area contributed by atoms with E-state index < -0.39 is 5.97 Å². The van der Waals surface area contributed by atoms with Crippen LogP contribution in [0.15, 0.2) is 156 Å². The van der Waals surface area contributed by atoms with Crippen molar-refractivity contribution in [1.82, 2.24) is 51.5 Å². The Morgan fingerprint density at radius 2 is 0.812 bits per heavy atom. The Hall–Kier alpha value is -11.8. The quantitative estimate of drug-likeness (QED) is 0.0803. The van der Waals surface area contributed by atoms with Gasteiger partial charge in [0.05, 0.1) is 41.6 Å². The van der Waals surface area contributed by atoms with Crippen LogP contribution in [-0.2, 0) is 9.59 Å². The van der Waals surface area contributed by atoms with Crippen LogP contribution in [-0.4, -0.2) is 94.0 Å². The van der Waals surface area contributed by atoms with E-state index in [1.54, 1.807) is 78.0 Å². The van der Waals surface area contributed by atoms with Gasteiger partial charge in [0.15, 0.2) is 5.01 Å². The summed E-state index contributed by atoms with van der Waals surface area (Å²) in [6, 6.07) is 32.7. The number of carboxylic acid groups (broad SMARTS) is 1. The van der Waals surface area contributed by atoms with Crippen molar-refractivity contribution in [3.63, 3.8) is 0 Å². The lowest BCUT2D eigenvalue weighted by atomic mass is 10.1. The molecule has 0 aliphatic heterocycles. The molecule has 11 rings (SSSR count). The number of carbonyl (C=O) groups is 4. The van der Waals surface area contributed by atoms with E-state index in [2.05, 4.69) is 82.3 Å². The third-order valence-electron chi connectivity index (χ3n) is 13.6. The molecule has 24 nitrogen and oxygen atoms in total. The van der Waals surface area contributed by atoms with Crippen molar-refractivity contribution in [2.45, 2.75) is 125 Å². The lowest BCUT2D eigenvalue weighted by Crippen LogP contribution is -2.29. The summed E-state index contributed by atoms with van der Waals surface area (Å²) in [5.41, 5.74) is 19.4. The van der Waals surface area contributed by atoms with Crippen molar-refractivity contribution in [1.29, 1.82) is 0 Å². The van der Waals surface area contributed by atoms with Crippen LogP contribution in [0, 0.1) is 69.2 Å². The summed E-state index contributed by atoms with van der Waals surface area (Å²) in [6.07, 6.45) is 7.37. The Kier molecular flexibility index (Phi) is 40.8. The number of Topliss-reactive ketones (excluding diaryl/α,β-unsaturated/α-hetero) is 2. The third-order valence-corrected chi connectivity index (χ3v) is 14.5. The van der Waals surface area contributed by atoms with Gasteiger partial charge in [-0.2, -0.15) is 9.59 Å². The number of aromatic nitrogens is 9. The van der Waals surface area contributed by atoms with Gasteiger partial charge in [-0.1, -0.05) is 222 Å². The highest BCUT2D eigenvalue weighted by atomic mass is 32.1. The molecule has 0 radical (unpaired) electrons. The molecule has 0 atom stereocenters. The SMILES string of the molecule is C=Cc1ccc(-c2nnc(-c3onc(C)c3C)o2)cc1.C=Cc1ccc(-c2nnc(-c3onc(C)c3C)s2)cc1.C=Cc1ccc(C(=O)NCC(=O)c2onc(C)c2C)cc1.C=Cc1ccccc1.CC.CC.CC.CC.Cc1noc(C(=O)CN)c1C.Cc1noc(C(=O)O)c1C.O=C=O. The number of ketones is 2. The lowest BCUT2D eigenvalue weighted by Gasteiger charge is -2.04. The molecule has 4 aromatic carbocycles. The first-order valence-corrected chi connectivity index (χ1v) is 32.8. The number of nitrogens with two attached hydrogens (primary N) is 1. The Morgan fingerprint density at radius 3 is 1.18 bits per heavy atom. The average molecular weight is 1400 g/mol. The van der Waals surface area contributed by atoms with Gasteiger partial charge in [-0.3, -0.25) is 14.4 Å². The van der Waals surface area contributed by atoms with Crippen LogP contribution < -0.4 is 11.1 Å². The predicted molar refractivity (Wildman–Crippen MR) is 394 cm³/mol. The van der Waals surface area contributed by atoms with Crippen molar-refractivity contribution in [3.8, 4) is 44.4 Å². The molecule has 0 aliphatic rings. The van der Waals surface area contributed by atoms with Gasteiger partial charge < -0.3 is 43.2 Å². The van der Waals surface area contributed by atoms with E-state index in [9.17, 15) is 19.2 Å². The Bertz CT molecular complexity index is 4220. The maximum atomic E-state index is 12.0. The van der Waals surface area contributed by atoms with Crippen molar-refractivity contribution < 1.29 is 60.9 Å². The third kappa shape index (κ3) is 26.9. The van der Waals surface area contributed by atoms with E-state index >= 15 is 0 Å². The molecular formula is C76H91N11O13S. The maximum Gasteiger partial charge on any atom is 0.375 e. The highest BCUT2D eigenvalue weighted by Gasteiger charge is 2.21. The number of aromatic carboxylic acids is 1. The molecule has 534 valence electrons. The molecule has 0 unspecified atom stereocenters. The zero-order valence-electron chi connectivity index (χ0n) is 60.7. The van der Waals surface area contributed by atoms with E-state index in [1.165, 1.54) is 16.9 Å². The Balaban J connectivity index is 0.000000605. The molecular weight excluding hydrogens is 1310 g/mol. The van der Waals surface area contributed by atoms with Crippen molar-refractivity contribution in [2.75, 3.05) is 13.1 Å². The monoisotopic (exact) mass is 1400 g/mol. The summed E-state index contributed by atoms with van der Waals surface area (Å²) in [5.74, 6) is 0.517. The number of rotatable bonds is 15. The molecule has 0 fully saturated rings. The number of benzene rings is 4. The summed E-state index contributed by atoms with van der Waals surface area (Å²) in [5, 5.41) is 47.8. The normalized spacial score (nSPS) is 9.42. The predicted octanol–water partition coefficient (Wildman–Crippen LogP) is 17.6. The van der Waals surface area contributed by atoms with Crippen molar-refractivity contribution in [3.05, 3.63) is 231 Å². The van der Waals surface area contributed by atoms with E-state index in [4.69, 9.17) is 42.9 Å². The summed E-state index contributed by atoms with van der Waals surface area (Å²) >= 11 is 1.50. The topological polar surface area (TPSA) is 356 Å². The van der Waals surface area contributed by atoms with Gasteiger partial charge in [0.1, 0.15) is 5.01 Å². The summed E-state index contributed by atoms with van der Waals surface area (Å²) in [7, 11) is 0. The smallest absolute Gasteiger partial charge is 0.375 e. The minimum absolute atomic E-state index is 0.0323. The van der Waals surface area contributed by atoms with Crippen LogP contribution in [0.4, 0.5) is 0 Å². The van der Waals surface area contributed by atoms with Gasteiger partial charge in [-0.25, -0.2) is 4.79 Å². The van der Waals surface area contributed by atoms with Crippen molar-refractivity contribution >= 4 is 65.2 Å². The number of nitrogens with one attached hydrogen (secondary N) is 1.